The summed E-state index contributed by atoms with van der Waals surface area (Å²) in [5.41, 5.74) is 4.14. The van der Waals surface area contributed by atoms with Crippen molar-refractivity contribution in [2.75, 3.05) is 44.4 Å². The highest BCUT2D eigenvalue weighted by Gasteiger charge is 2.27. The Morgan fingerprint density at radius 3 is 2.48 bits per heavy atom. The first-order chi connectivity index (χ1) is 16.2. The van der Waals surface area contributed by atoms with Gasteiger partial charge in [-0.15, -0.1) is 0 Å². The molecule has 33 heavy (non-hydrogen) atoms. The number of amides is 1. The fourth-order valence-corrected chi connectivity index (χ4v) is 4.59. The second kappa shape index (κ2) is 9.55. The van der Waals surface area contributed by atoms with E-state index in [1.54, 1.807) is 0 Å². The molecule has 6 nitrogen and oxygen atoms in total. The van der Waals surface area contributed by atoms with Crippen LogP contribution in [0.1, 0.15) is 27.5 Å². The smallest absolute Gasteiger partial charge is 0.251 e. The fourth-order valence-electron chi connectivity index (χ4n) is 4.59. The molecule has 2 aliphatic heterocycles. The molecular formula is C27H29N3O3. The lowest BCUT2D eigenvalue weighted by atomic mass is 10.0. The van der Waals surface area contributed by atoms with E-state index in [9.17, 15) is 4.79 Å². The van der Waals surface area contributed by atoms with Gasteiger partial charge >= 0.3 is 0 Å². The maximum atomic E-state index is 12.9. The van der Waals surface area contributed by atoms with Crippen molar-refractivity contribution in [3.63, 3.8) is 0 Å². The van der Waals surface area contributed by atoms with Crippen LogP contribution < -0.4 is 19.7 Å². The van der Waals surface area contributed by atoms with Crippen LogP contribution in [0.4, 0.5) is 5.69 Å². The van der Waals surface area contributed by atoms with Crippen LogP contribution in [0.25, 0.3) is 0 Å². The Hall–Kier alpha value is -3.51. The molecule has 5 rings (SSSR count). The van der Waals surface area contributed by atoms with Crippen LogP contribution in [0, 0.1) is 6.92 Å². The zero-order valence-corrected chi connectivity index (χ0v) is 18.9. The van der Waals surface area contributed by atoms with Gasteiger partial charge in [-0.1, -0.05) is 42.0 Å². The van der Waals surface area contributed by atoms with Crippen LogP contribution >= 0.6 is 0 Å². The van der Waals surface area contributed by atoms with Crippen LogP contribution in [-0.4, -0.2) is 50.3 Å². The summed E-state index contributed by atoms with van der Waals surface area (Å²) in [6, 6.07) is 24.4. The predicted molar refractivity (Wildman–Crippen MR) is 129 cm³/mol. The molecule has 1 amide bonds. The van der Waals surface area contributed by atoms with E-state index >= 15 is 0 Å². The number of anilines is 1. The summed E-state index contributed by atoms with van der Waals surface area (Å²) >= 11 is 0. The SMILES string of the molecule is Cc1cccc(C(=O)NC[C@@H](c2ccc3c(c2)OCO3)N2CCN(c3ccccc3)CC2)c1. The molecule has 1 fully saturated rings. The van der Waals surface area contributed by atoms with Crippen molar-refractivity contribution in [1.29, 1.82) is 0 Å². The van der Waals surface area contributed by atoms with Gasteiger partial charge in [0.1, 0.15) is 0 Å². The van der Waals surface area contributed by atoms with Crippen LogP contribution in [0.15, 0.2) is 72.8 Å². The number of benzene rings is 3. The molecule has 1 atom stereocenters. The molecule has 2 aliphatic rings. The second-order valence-corrected chi connectivity index (χ2v) is 8.57. The van der Waals surface area contributed by atoms with Gasteiger partial charge in [0.05, 0.1) is 6.04 Å². The summed E-state index contributed by atoms with van der Waals surface area (Å²) < 4.78 is 11.1. The van der Waals surface area contributed by atoms with Gasteiger partial charge in [-0.2, -0.15) is 0 Å². The second-order valence-electron chi connectivity index (χ2n) is 8.57. The number of carbonyl (C=O) groups excluding carboxylic acids is 1. The lowest BCUT2D eigenvalue weighted by Crippen LogP contribution is -2.50. The lowest BCUT2D eigenvalue weighted by Gasteiger charge is -2.40. The highest BCUT2D eigenvalue weighted by atomic mass is 16.7. The summed E-state index contributed by atoms with van der Waals surface area (Å²) in [4.78, 5) is 17.7. The molecule has 3 aromatic rings. The van der Waals surface area contributed by atoms with Crippen LogP contribution in [0.5, 0.6) is 11.5 Å². The zero-order valence-electron chi connectivity index (χ0n) is 18.9. The van der Waals surface area contributed by atoms with Gasteiger partial charge < -0.3 is 19.7 Å². The fraction of sp³-hybridized carbons (Fsp3) is 0.296. The number of nitrogens with zero attached hydrogens (tertiary/aromatic N) is 2. The molecule has 3 aromatic carbocycles. The normalized spacial score (nSPS) is 16.5. The maximum Gasteiger partial charge on any atom is 0.251 e. The van der Waals surface area contributed by atoms with E-state index < -0.39 is 0 Å². The molecule has 0 aliphatic carbocycles. The largest absolute Gasteiger partial charge is 0.454 e. The Morgan fingerprint density at radius 2 is 1.70 bits per heavy atom. The number of fused-ring (bicyclic) bond motifs is 1. The number of hydrogen-bond donors (Lipinski definition) is 1. The number of para-hydroxylation sites is 1. The zero-order chi connectivity index (χ0) is 22.6. The lowest BCUT2D eigenvalue weighted by molar-refractivity contribution is 0.0930. The van der Waals surface area contributed by atoms with Gasteiger partial charge in [0, 0.05) is 44.0 Å². The number of ether oxygens (including phenoxy) is 2. The third-order valence-corrected chi connectivity index (χ3v) is 6.39. The summed E-state index contributed by atoms with van der Waals surface area (Å²) in [6.45, 7) is 6.48. The van der Waals surface area contributed by atoms with E-state index in [1.807, 2.05) is 43.3 Å². The van der Waals surface area contributed by atoms with Crippen LogP contribution in [0.2, 0.25) is 0 Å². The molecule has 0 spiro atoms. The van der Waals surface area contributed by atoms with Gasteiger partial charge in [0.2, 0.25) is 6.79 Å². The van der Waals surface area contributed by atoms with Crippen molar-refractivity contribution in [2.24, 2.45) is 0 Å². The number of hydrogen-bond acceptors (Lipinski definition) is 5. The van der Waals surface area contributed by atoms with E-state index in [1.165, 1.54) is 5.69 Å². The Bertz CT molecular complexity index is 1110. The van der Waals surface area contributed by atoms with E-state index in [4.69, 9.17) is 9.47 Å². The number of carbonyl (C=O) groups is 1. The average Bonchev–Trinajstić information content (AvgIpc) is 3.33. The van der Waals surface area contributed by atoms with Crippen molar-refractivity contribution < 1.29 is 14.3 Å². The van der Waals surface area contributed by atoms with Crippen molar-refractivity contribution in [1.82, 2.24) is 10.2 Å². The van der Waals surface area contributed by atoms with E-state index in [0.717, 1.165) is 48.8 Å². The number of aryl methyl sites for hydroxylation is 1. The Balaban J connectivity index is 1.32. The van der Waals surface area contributed by atoms with Crippen LogP contribution in [-0.2, 0) is 0 Å². The Kier molecular flexibility index (Phi) is 6.17. The molecule has 0 aromatic heterocycles. The minimum absolute atomic E-state index is 0.0474. The molecule has 2 heterocycles. The van der Waals surface area contributed by atoms with Crippen molar-refractivity contribution in [2.45, 2.75) is 13.0 Å². The average molecular weight is 444 g/mol. The molecule has 0 bridgehead atoms. The van der Waals surface area contributed by atoms with Gasteiger partial charge in [0.15, 0.2) is 11.5 Å². The van der Waals surface area contributed by atoms with E-state index in [2.05, 4.69) is 51.5 Å². The summed E-state index contributed by atoms with van der Waals surface area (Å²) in [5, 5.41) is 3.17. The molecular weight excluding hydrogens is 414 g/mol. The topological polar surface area (TPSA) is 54.0 Å². The summed E-state index contributed by atoms with van der Waals surface area (Å²) in [6.07, 6.45) is 0. The maximum absolute atomic E-state index is 12.9. The summed E-state index contributed by atoms with van der Waals surface area (Å²) in [7, 11) is 0. The third-order valence-electron chi connectivity index (χ3n) is 6.39. The Labute approximate surface area is 194 Å². The highest BCUT2D eigenvalue weighted by molar-refractivity contribution is 5.94. The number of piperazine rings is 1. The van der Waals surface area contributed by atoms with E-state index in [-0.39, 0.29) is 18.7 Å². The van der Waals surface area contributed by atoms with Crippen molar-refractivity contribution in [3.05, 3.63) is 89.5 Å². The molecule has 1 saturated heterocycles. The van der Waals surface area contributed by atoms with Crippen LogP contribution in [0.3, 0.4) is 0 Å². The van der Waals surface area contributed by atoms with Gasteiger partial charge in [0.25, 0.3) is 5.91 Å². The predicted octanol–water partition coefficient (Wildman–Crippen LogP) is 4.02. The standard InChI is InChI=1S/C27H29N3O3/c1-20-6-5-7-22(16-20)27(31)28-18-24(21-10-11-25-26(17-21)33-19-32-25)30-14-12-29(13-15-30)23-8-3-2-4-9-23/h2-11,16-17,24H,12-15,18-19H2,1H3,(H,28,31)/t24-/m0/s1. The third kappa shape index (κ3) is 4.81. The first-order valence-corrected chi connectivity index (χ1v) is 11.5. The van der Waals surface area contributed by atoms with Crippen molar-refractivity contribution >= 4 is 11.6 Å². The molecule has 0 saturated carbocycles. The van der Waals surface area contributed by atoms with Crippen molar-refractivity contribution in [3.8, 4) is 11.5 Å². The minimum Gasteiger partial charge on any atom is -0.454 e. The van der Waals surface area contributed by atoms with Gasteiger partial charge in [-0.05, 0) is 48.9 Å². The monoisotopic (exact) mass is 443 g/mol. The van der Waals surface area contributed by atoms with Gasteiger partial charge in [-0.3, -0.25) is 9.69 Å². The summed E-state index contributed by atoms with van der Waals surface area (Å²) in [5.74, 6) is 1.49. The first-order valence-electron chi connectivity index (χ1n) is 11.5. The van der Waals surface area contributed by atoms with E-state index in [0.29, 0.717) is 12.1 Å². The highest BCUT2D eigenvalue weighted by Crippen LogP contribution is 2.35. The molecule has 1 N–H and O–H groups in total. The molecule has 0 radical (unpaired) electrons. The minimum atomic E-state index is -0.0487. The first kappa shape index (κ1) is 21.3. The quantitative estimate of drug-likeness (QED) is 0.624. The number of nitrogens with one attached hydrogen (secondary N) is 1. The van der Waals surface area contributed by atoms with Gasteiger partial charge in [-0.25, -0.2) is 0 Å². The molecule has 170 valence electrons. The molecule has 0 unspecified atom stereocenters. The molecule has 6 heteroatoms. The Morgan fingerprint density at radius 1 is 0.909 bits per heavy atom. The number of rotatable bonds is 6.